The summed E-state index contributed by atoms with van der Waals surface area (Å²) in [6.45, 7) is 1.22. The van der Waals surface area contributed by atoms with Crippen molar-refractivity contribution in [3.8, 4) is 0 Å². The first-order valence-electron chi connectivity index (χ1n) is 5.02. The second kappa shape index (κ2) is 10.6. The topological polar surface area (TPSA) is 73.6 Å². The van der Waals surface area contributed by atoms with Crippen molar-refractivity contribution in [2.24, 2.45) is 5.73 Å². The molecule has 104 valence electrons. The molecule has 0 aromatic carbocycles. The van der Waals surface area contributed by atoms with E-state index in [9.17, 15) is 13.6 Å². The minimum atomic E-state index is -3.07. The van der Waals surface area contributed by atoms with E-state index in [0.29, 0.717) is 13.2 Å². The highest BCUT2D eigenvalue weighted by Gasteiger charge is 2.26. The number of nitrogens with two attached hydrogens (primary N) is 1. The van der Waals surface area contributed by atoms with E-state index in [1.807, 2.05) is 12.2 Å². The molecule has 0 aliphatic rings. The molecule has 0 unspecified atom stereocenters. The maximum Gasteiger partial charge on any atom is 0.277 e. The van der Waals surface area contributed by atoms with Crippen molar-refractivity contribution in [1.82, 2.24) is 5.32 Å². The largest absolute Gasteiger partial charge is 0.379 e. The van der Waals surface area contributed by atoms with E-state index in [2.05, 4.69) is 0 Å². The minimum absolute atomic E-state index is 0. The Morgan fingerprint density at radius 1 is 1.35 bits per heavy atom. The third kappa shape index (κ3) is 11.8. The fourth-order valence-electron chi connectivity index (χ4n) is 0.778. The second-order valence-corrected chi connectivity index (χ2v) is 3.09. The number of rotatable bonds is 9. The average Bonchev–Trinajstić information content (AvgIpc) is 2.26. The molecule has 0 rings (SSSR count). The van der Waals surface area contributed by atoms with Crippen molar-refractivity contribution in [1.29, 1.82) is 0 Å². The fraction of sp³-hybridized carbons (Fsp3) is 0.889. The van der Waals surface area contributed by atoms with Gasteiger partial charge in [-0.05, 0) is 6.92 Å². The van der Waals surface area contributed by atoms with Crippen molar-refractivity contribution < 1.29 is 23.0 Å². The van der Waals surface area contributed by atoms with Crippen LogP contribution in [0.5, 0.6) is 0 Å². The third-order valence-corrected chi connectivity index (χ3v) is 1.65. The highest BCUT2D eigenvalue weighted by Crippen LogP contribution is 2.08. The van der Waals surface area contributed by atoms with Crippen molar-refractivity contribution >= 4 is 18.3 Å². The summed E-state index contributed by atoms with van der Waals surface area (Å²) >= 11 is 0. The van der Waals surface area contributed by atoms with Crippen LogP contribution < -0.4 is 11.1 Å². The van der Waals surface area contributed by atoms with Crippen LogP contribution in [-0.4, -0.2) is 51.3 Å². The van der Waals surface area contributed by atoms with E-state index in [-0.39, 0.29) is 25.6 Å². The molecule has 0 bridgehead atoms. The Balaban J connectivity index is 0. The zero-order valence-electron chi connectivity index (χ0n) is 9.71. The maximum atomic E-state index is 12.6. The van der Waals surface area contributed by atoms with Crippen LogP contribution in [0.3, 0.4) is 0 Å². The van der Waals surface area contributed by atoms with Gasteiger partial charge < -0.3 is 20.5 Å². The van der Waals surface area contributed by atoms with Crippen LogP contribution in [0.25, 0.3) is 0 Å². The second-order valence-electron chi connectivity index (χ2n) is 3.09. The summed E-state index contributed by atoms with van der Waals surface area (Å²) in [5.74, 6) is -3.66. The first-order valence-corrected chi connectivity index (χ1v) is 5.02. The zero-order chi connectivity index (χ0) is 12.4. The number of ether oxygens (including phenoxy) is 2. The number of halogens is 3. The van der Waals surface area contributed by atoms with Gasteiger partial charge in [-0.3, -0.25) is 4.79 Å². The predicted octanol–water partition coefficient (Wildman–Crippen LogP) is 0.171. The average molecular weight is 277 g/mol. The molecule has 0 radical (unpaired) electrons. The molecule has 0 fully saturated rings. The fourth-order valence-corrected chi connectivity index (χ4v) is 0.778. The smallest absolute Gasteiger partial charge is 0.277 e. The van der Waals surface area contributed by atoms with Crippen LogP contribution in [0.4, 0.5) is 8.78 Å². The maximum absolute atomic E-state index is 12.6. The Bertz CT molecular complexity index is 209. The molecule has 0 saturated heterocycles. The lowest BCUT2D eigenvalue weighted by Gasteiger charge is -2.14. The Morgan fingerprint density at radius 3 is 2.47 bits per heavy atom. The molecule has 8 heteroatoms. The van der Waals surface area contributed by atoms with Crippen molar-refractivity contribution in [3.05, 3.63) is 0 Å². The molecule has 3 N–H and O–H groups in total. The van der Waals surface area contributed by atoms with Crippen molar-refractivity contribution in [2.45, 2.75) is 12.8 Å². The summed E-state index contributed by atoms with van der Waals surface area (Å²) in [6, 6.07) is 0. The number of nitrogens with one attached hydrogen (secondary N) is 1. The highest BCUT2D eigenvalue weighted by molar-refractivity contribution is 5.85. The summed E-state index contributed by atoms with van der Waals surface area (Å²) in [5, 5.41) is 2.03. The summed E-state index contributed by atoms with van der Waals surface area (Å²) in [7, 11) is 0. The summed E-state index contributed by atoms with van der Waals surface area (Å²) < 4.78 is 35.0. The van der Waals surface area contributed by atoms with Crippen molar-refractivity contribution in [3.63, 3.8) is 0 Å². The van der Waals surface area contributed by atoms with Gasteiger partial charge in [0.2, 0.25) is 5.91 Å². The monoisotopic (exact) mass is 276 g/mol. The molecule has 0 saturated carbocycles. The summed E-state index contributed by atoms with van der Waals surface area (Å²) in [4.78, 5) is 11.0. The van der Waals surface area contributed by atoms with E-state index in [0.717, 1.165) is 0 Å². The lowest BCUT2D eigenvalue weighted by atomic mass is 10.3. The lowest BCUT2D eigenvalue weighted by molar-refractivity contribution is -0.127. The van der Waals surface area contributed by atoms with E-state index < -0.39 is 24.9 Å². The zero-order valence-corrected chi connectivity index (χ0v) is 10.5. The number of carbonyl (C=O) groups is 1. The molecule has 0 aromatic rings. The normalized spacial score (nSPS) is 10.8. The van der Waals surface area contributed by atoms with Crippen LogP contribution in [0.1, 0.15) is 6.92 Å². The van der Waals surface area contributed by atoms with Gasteiger partial charge in [0, 0.05) is 6.61 Å². The molecule has 0 aliphatic carbocycles. The molecule has 1 amide bonds. The Morgan fingerprint density at radius 2 is 1.94 bits per heavy atom. The number of alkyl halides is 2. The van der Waals surface area contributed by atoms with E-state index in [4.69, 9.17) is 15.2 Å². The van der Waals surface area contributed by atoms with E-state index in [1.165, 1.54) is 0 Å². The number of hydrogen-bond donors (Lipinski definition) is 2. The van der Waals surface area contributed by atoms with Gasteiger partial charge in [0.25, 0.3) is 5.92 Å². The molecule has 0 heterocycles. The minimum Gasteiger partial charge on any atom is -0.379 e. The lowest BCUT2D eigenvalue weighted by Crippen LogP contribution is -2.42. The van der Waals surface area contributed by atoms with Gasteiger partial charge in [0.05, 0.1) is 26.3 Å². The van der Waals surface area contributed by atoms with E-state index >= 15 is 0 Å². The number of carbonyl (C=O) groups excluding carboxylic acids is 1. The van der Waals surface area contributed by atoms with Crippen LogP contribution in [0.15, 0.2) is 0 Å². The predicted molar refractivity (Wildman–Crippen MR) is 61.6 cm³/mol. The van der Waals surface area contributed by atoms with Crippen LogP contribution in [-0.2, 0) is 14.3 Å². The van der Waals surface area contributed by atoms with Gasteiger partial charge in [-0.25, -0.2) is 8.78 Å². The Hall–Kier alpha value is -0.500. The number of amides is 1. The van der Waals surface area contributed by atoms with Gasteiger partial charge in [0.1, 0.15) is 6.61 Å². The Labute approximate surface area is 105 Å². The molecular weight excluding hydrogens is 258 g/mol. The first kappa shape index (κ1) is 18.9. The molecule has 0 aliphatic heterocycles. The van der Waals surface area contributed by atoms with Gasteiger partial charge in [-0.15, -0.1) is 12.4 Å². The molecule has 0 spiro atoms. The quantitative estimate of drug-likeness (QED) is 0.589. The van der Waals surface area contributed by atoms with Crippen LogP contribution in [0, 0.1) is 0 Å². The molecule has 17 heavy (non-hydrogen) atoms. The van der Waals surface area contributed by atoms with Crippen LogP contribution >= 0.6 is 12.4 Å². The van der Waals surface area contributed by atoms with Gasteiger partial charge in [-0.2, -0.15) is 0 Å². The van der Waals surface area contributed by atoms with E-state index in [1.54, 1.807) is 0 Å². The van der Waals surface area contributed by atoms with Gasteiger partial charge in [-0.1, -0.05) is 0 Å². The van der Waals surface area contributed by atoms with Gasteiger partial charge in [0.15, 0.2) is 0 Å². The third-order valence-electron chi connectivity index (χ3n) is 1.65. The standard InChI is InChI=1S/C9H18F2N2O3.ClH/c1-2-15-3-4-16-5-8(14)13-7-9(10,11)6-12;/h2-7,12H2,1H3,(H,13,14);1H. The summed E-state index contributed by atoms with van der Waals surface area (Å²) in [5.41, 5.74) is 4.80. The van der Waals surface area contributed by atoms with Crippen molar-refractivity contribution in [2.75, 3.05) is 39.5 Å². The first-order chi connectivity index (χ1) is 7.52. The SMILES string of the molecule is CCOCCOCC(=O)NCC(F)(F)CN.Cl. The summed E-state index contributed by atoms with van der Waals surface area (Å²) in [6.07, 6.45) is 0. The molecule has 5 nitrogen and oxygen atoms in total. The highest BCUT2D eigenvalue weighted by atomic mass is 35.5. The van der Waals surface area contributed by atoms with Gasteiger partial charge >= 0.3 is 0 Å². The van der Waals surface area contributed by atoms with Crippen LogP contribution in [0.2, 0.25) is 0 Å². The number of hydrogen-bond acceptors (Lipinski definition) is 4. The molecule has 0 atom stereocenters. The Kier molecular flexibility index (Phi) is 11.8. The molecular formula is C9H19ClF2N2O3. The molecule has 0 aromatic heterocycles.